The molecule has 0 saturated carbocycles. The lowest BCUT2D eigenvalue weighted by molar-refractivity contribution is -0.135. The summed E-state index contributed by atoms with van der Waals surface area (Å²) in [6.07, 6.45) is 1.70. The van der Waals surface area contributed by atoms with Crippen LogP contribution in [0.25, 0.3) is 0 Å². The summed E-state index contributed by atoms with van der Waals surface area (Å²) in [5.41, 5.74) is 1.92. The van der Waals surface area contributed by atoms with Crippen molar-refractivity contribution >= 4 is 11.8 Å². The largest absolute Gasteiger partial charge is 0.497 e. The number of hydrogen-bond acceptors (Lipinski definition) is 3. The van der Waals surface area contributed by atoms with E-state index in [4.69, 9.17) is 4.74 Å². The molecular formula is C22H28N2O3. The number of amides is 2. The zero-order valence-electron chi connectivity index (χ0n) is 16.3. The lowest BCUT2D eigenvalue weighted by Gasteiger charge is -2.24. The Morgan fingerprint density at radius 2 is 1.78 bits per heavy atom. The van der Waals surface area contributed by atoms with Gasteiger partial charge in [-0.2, -0.15) is 0 Å². The number of carbonyl (C=O) groups is 2. The molecule has 0 unspecified atom stereocenters. The quantitative estimate of drug-likeness (QED) is 0.740. The van der Waals surface area contributed by atoms with Crippen LogP contribution in [0.5, 0.6) is 5.75 Å². The molecule has 0 bridgehead atoms. The molecule has 0 aliphatic carbocycles. The lowest BCUT2D eigenvalue weighted by Crippen LogP contribution is -2.47. The Balaban J connectivity index is 1.98. The number of ether oxygens (including phenoxy) is 1. The SMILES string of the molecule is CCC[C@H](NC(=O)Cc1ccccc1)C(=O)N(C)Cc1cccc(OC)c1. The first kappa shape index (κ1) is 20.5. The van der Waals surface area contributed by atoms with E-state index in [9.17, 15) is 9.59 Å². The summed E-state index contributed by atoms with van der Waals surface area (Å²) in [5.74, 6) is 0.540. The third-order valence-corrected chi connectivity index (χ3v) is 4.35. The molecule has 2 aromatic rings. The highest BCUT2D eigenvalue weighted by Crippen LogP contribution is 2.15. The van der Waals surface area contributed by atoms with Crippen LogP contribution in [0.4, 0.5) is 0 Å². The normalized spacial score (nSPS) is 11.5. The van der Waals surface area contributed by atoms with Crippen molar-refractivity contribution < 1.29 is 14.3 Å². The van der Waals surface area contributed by atoms with Crippen molar-refractivity contribution in [2.75, 3.05) is 14.2 Å². The molecule has 0 radical (unpaired) electrons. The predicted octanol–water partition coefficient (Wildman–Crippen LogP) is 3.18. The number of rotatable bonds is 9. The summed E-state index contributed by atoms with van der Waals surface area (Å²) in [6, 6.07) is 16.7. The van der Waals surface area contributed by atoms with E-state index in [-0.39, 0.29) is 18.2 Å². The fourth-order valence-corrected chi connectivity index (χ4v) is 2.96. The highest BCUT2D eigenvalue weighted by atomic mass is 16.5. The number of hydrogen-bond donors (Lipinski definition) is 1. The van der Waals surface area contributed by atoms with Crippen LogP contribution in [0.1, 0.15) is 30.9 Å². The van der Waals surface area contributed by atoms with Gasteiger partial charge in [-0.3, -0.25) is 9.59 Å². The fourth-order valence-electron chi connectivity index (χ4n) is 2.96. The monoisotopic (exact) mass is 368 g/mol. The van der Waals surface area contributed by atoms with Crippen LogP contribution >= 0.6 is 0 Å². The molecule has 0 aliphatic rings. The van der Waals surface area contributed by atoms with Crippen molar-refractivity contribution in [2.24, 2.45) is 0 Å². The van der Waals surface area contributed by atoms with Crippen molar-refractivity contribution in [2.45, 2.75) is 38.8 Å². The van der Waals surface area contributed by atoms with Gasteiger partial charge >= 0.3 is 0 Å². The van der Waals surface area contributed by atoms with Gasteiger partial charge in [0.05, 0.1) is 13.5 Å². The fraction of sp³-hybridized carbons (Fsp3) is 0.364. The maximum Gasteiger partial charge on any atom is 0.245 e. The molecule has 27 heavy (non-hydrogen) atoms. The van der Waals surface area contributed by atoms with E-state index in [1.807, 2.05) is 61.5 Å². The number of benzene rings is 2. The molecule has 2 aromatic carbocycles. The maximum absolute atomic E-state index is 12.9. The molecule has 0 aliphatic heterocycles. The van der Waals surface area contributed by atoms with Gasteiger partial charge in [-0.15, -0.1) is 0 Å². The van der Waals surface area contributed by atoms with Crippen molar-refractivity contribution in [3.8, 4) is 5.75 Å². The van der Waals surface area contributed by atoms with Gasteiger partial charge in [0.25, 0.3) is 0 Å². The maximum atomic E-state index is 12.9. The van der Waals surface area contributed by atoms with Gasteiger partial charge < -0.3 is 15.0 Å². The highest BCUT2D eigenvalue weighted by molar-refractivity contribution is 5.88. The second kappa shape index (κ2) is 10.4. The molecule has 2 amide bonds. The van der Waals surface area contributed by atoms with Crippen molar-refractivity contribution in [3.63, 3.8) is 0 Å². The predicted molar refractivity (Wildman–Crippen MR) is 106 cm³/mol. The summed E-state index contributed by atoms with van der Waals surface area (Å²) < 4.78 is 5.23. The number of carbonyl (C=O) groups excluding carboxylic acids is 2. The molecule has 0 aromatic heterocycles. The zero-order chi connectivity index (χ0) is 19.6. The van der Waals surface area contributed by atoms with Gasteiger partial charge in [0, 0.05) is 13.6 Å². The minimum Gasteiger partial charge on any atom is -0.497 e. The molecular weight excluding hydrogens is 340 g/mol. The van der Waals surface area contributed by atoms with Crippen LogP contribution in [-0.2, 0) is 22.6 Å². The smallest absolute Gasteiger partial charge is 0.245 e. The molecule has 1 atom stereocenters. The second-order valence-electron chi connectivity index (χ2n) is 6.62. The third kappa shape index (κ3) is 6.44. The Morgan fingerprint density at radius 3 is 2.44 bits per heavy atom. The standard InChI is InChI=1S/C22H28N2O3/c1-4-9-20(23-21(25)15-17-10-6-5-7-11-17)22(26)24(2)16-18-12-8-13-19(14-18)27-3/h5-8,10-14,20H,4,9,15-16H2,1-3H3,(H,23,25)/t20-/m0/s1. The Bertz CT molecular complexity index is 746. The minimum atomic E-state index is -0.512. The summed E-state index contributed by atoms with van der Waals surface area (Å²) >= 11 is 0. The molecule has 5 heteroatoms. The summed E-state index contributed by atoms with van der Waals surface area (Å²) in [5, 5.41) is 2.90. The topological polar surface area (TPSA) is 58.6 Å². The average molecular weight is 368 g/mol. The first-order valence-corrected chi connectivity index (χ1v) is 9.24. The van der Waals surface area contributed by atoms with Gasteiger partial charge in [-0.1, -0.05) is 55.8 Å². The van der Waals surface area contributed by atoms with Crippen LogP contribution < -0.4 is 10.1 Å². The Morgan fingerprint density at radius 1 is 1.07 bits per heavy atom. The second-order valence-corrected chi connectivity index (χ2v) is 6.62. The van der Waals surface area contributed by atoms with E-state index in [2.05, 4.69) is 5.32 Å². The van der Waals surface area contributed by atoms with Crippen LogP contribution in [0.2, 0.25) is 0 Å². The van der Waals surface area contributed by atoms with Crippen LogP contribution in [0.3, 0.4) is 0 Å². The molecule has 144 valence electrons. The Kier molecular flexibility index (Phi) is 7.86. The van der Waals surface area contributed by atoms with Gasteiger partial charge in [0.2, 0.25) is 11.8 Å². The molecule has 0 spiro atoms. The third-order valence-electron chi connectivity index (χ3n) is 4.35. The number of nitrogens with zero attached hydrogens (tertiary/aromatic N) is 1. The molecule has 1 N–H and O–H groups in total. The Hall–Kier alpha value is -2.82. The van der Waals surface area contributed by atoms with Crippen molar-refractivity contribution in [1.82, 2.24) is 10.2 Å². The summed E-state index contributed by atoms with van der Waals surface area (Å²) in [4.78, 5) is 26.9. The number of methoxy groups -OCH3 is 1. The first-order valence-electron chi connectivity index (χ1n) is 9.24. The summed E-state index contributed by atoms with van der Waals surface area (Å²) in [7, 11) is 3.38. The van der Waals surface area contributed by atoms with Crippen molar-refractivity contribution in [3.05, 3.63) is 65.7 Å². The number of nitrogens with one attached hydrogen (secondary N) is 1. The van der Waals surface area contributed by atoms with Crippen molar-refractivity contribution in [1.29, 1.82) is 0 Å². The van der Waals surface area contributed by atoms with Gasteiger partial charge in [0.1, 0.15) is 11.8 Å². The van der Waals surface area contributed by atoms with Crippen LogP contribution in [0.15, 0.2) is 54.6 Å². The van der Waals surface area contributed by atoms with Gasteiger partial charge in [-0.05, 0) is 29.7 Å². The van der Waals surface area contributed by atoms with Crippen LogP contribution in [-0.4, -0.2) is 36.9 Å². The molecule has 0 saturated heterocycles. The number of likely N-dealkylation sites (N-methyl/N-ethyl adjacent to an activating group) is 1. The molecule has 0 fully saturated rings. The van der Waals surface area contributed by atoms with E-state index in [0.29, 0.717) is 13.0 Å². The molecule has 0 heterocycles. The highest BCUT2D eigenvalue weighted by Gasteiger charge is 2.23. The Labute approximate surface area is 161 Å². The zero-order valence-corrected chi connectivity index (χ0v) is 16.3. The van der Waals surface area contributed by atoms with Gasteiger partial charge in [0.15, 0.2) is 0 Å². The van der Waals surface area contributed by atoms with E-state index < -0.39 is 6.04 Å². The average Bonchev–Trinajstić information content (AvgIpc) is 2.68. The molecule has 2 rings (SSSR count). The van der Waals surface area contributed by atoms with E-state index in [1.165, 1.54) is 0 Å². The minimum absolute atomic E-state index is 0.0823. The first-order chi connectivity index (χ1) is 13.0. The lowest BCUT2D eigenvalue weighted by atomic mass is 10.1. The van der Waals surface area contributed by atoms with Gasteiger partial charge in [-0.25, -0.2) is 0 Å². The summed E-state index contributed by atoms with van der Waals surface area (Å²) in [6.45, 7) is 2.47. The van der Waals surface area contributed by atoms with E-state index in [1.54, 1.807) is 19.1 Å². The van der Waals surface area contributed by atoms with E-state index >= 15 is 0 Å². The van der Waals surface area contributed by atoms with Crippen LogP contribution in [0, 0.1) is 0 Å². The molecule has 5 nitrogen and oxygen atoms in total. The van der Waals surface area contributed by atoms with E-state index in [0.717, 1.165) is 23.3 Å².